The number of aromatic amines is 1. The third-order valence-corrected chi connectivity index (χ3v) is 2.47. The van der Waals surface area contributed by atoms with Crippen molar-refractivity contribution < 1.29 is 4.74 Å². The van der Waals surface area contributed by atoms with Gasteiger partial charge in [0.1, 0.15) is 5.82 Å². The summed E-state index contributed by atoms with van der Waals surface area (Å²) in [4.78, 5) is 0. The van der Waals surface area contributed by atoms with Crippen LogP contribution < -0.4 is 5.73 Å². The minimum atomic E-state index is 0.317. The molecule has 4 nitrogen and oxygen atoms in total. The lowest BCUT2D eigenvalue weighted by Gasteiger charge is -2.20. The van der Waals surface area contributed by atoms with Crippen LogP contribution in [0.15, 0.2) is 0 Å². The number of nitrogens with zero attached hydrogens (tertiary/aromatic N) is 1. The Balaban J connectivity index is 2.26. The third kappa shape index (κ3) is 1.08. The molecular formula is C8H13N3O. The van der Waals surface area contributed by atoms with E-state index < -0.39 is 0 Å². The van der Waals surface area contributed by atoms with Gasteiger partial charge < -0.3 is 10.5 Å². The molecule has 0 saturated carbocycles. The normalized spacial score (nSPS) is 22.2. The molecule has 1 aliphatic carbocycles. The van der Waals surface area contributed by atoms with Crippen LogP contribution in [0.5, 0.6) is 0 Å². The van der Waals surface area contributed by atoms with Gasteiger partial charge in [-0.15, -0.1) is 0 Å². The number of aromatic nitrogens is 2. The van der Waals surface area contributed by atoms with Crippen LogP contribution in [-0.4, -0.2) is 23.4 Å². The number of nitrogens with one attached hydrogen (secondary N) is 1. The van der Waals surface area contributed by atoms with E-state index in [9.17, 15) is 0 Å². The topological polar surface area (TPSA) is 63.9 Å². The second-order valence-corrected chi connectivity index (χ2v) is 3.17. The lowest BCUT2D eigenvalue weighted by Crippen LogP contribution is -2.21. The summed E-state index contributed by atoms with van der Waals surface area (Å²) in [5.41, 5.74) is 8.01. The summed E-state index contributed by atoms with van der Waals surface area (Å²) in [7, 11) is 1.74. The quantitative estimate of drug-likeness (QED) is 0.640. The van der Waals surface area contributed by atoms with Crippen LogP contribution in [0.25, 0.3) is 0 Å². The summed E-state index contributed by atoms with van der Waals surface area (Å²) in [6.07, 6.45) is 3.27. The number of rotatable bonds is 1. The fourth-order valence-electron chi connectivity index (χ4n) is 1.69. The van der Waals surface area contributed by atoms with Crippen LogP contribution in [0.4, 0.5) is 5.82 Å². The summed E-state index contributed by atoms with van der Waals surface area (Å²) in [6.45, 7) is 0. The number of hydrogen-bond donors (Lipinski definition) is 2. The van der Waals surface area contributed by atoms with Crippen molar-refractivity contribution in [1.82, 2.24) is 10.2 Å². The highest BCUT2D eigenvalue weighted by atomic mass is 16.5. The Kier molecular flexibility index (Phi) is 1.77. The molecule has 1 atom stereocenters. The molecule has 3 N–H and O–H groups in total. The Morgan fingerprint density at radius 1 is 1.67 bits per heavy atom. The third-order valence-electron chi connectivity index (χ3n) is 2.47. The van der Waals surface area contributed by atoms with E-state index >= 15 is 0 Å². The van der Waals surface area contributed by atoms with Crippen molar-refractivity contribution in [3.05, 3.63) is 11.3 Å². The van der Waals surface area contributed by atoms with Gasteiger partial charge in [-0.2, -0.15) is 5.10 Å². The van der Waals surface area contributed by atoms with E-state index in [2.05, 4.69) is 10.2 Å². The van der Waals surface area contributed by atoms with Gasteiger partial charge in [0.25, 0.3) is 0 Å². The molecule has 0 radical (unpaired) electrons. The molecule has 0 spiro atoms. The second kappa shape index (κ2) is 2.79. The summed E-state index contributed by atoms with van der Waals surface area (Å²) in [6, 6.07) is 0. The molecular weight excluding hydrogens is 154 g/mol. The Labute approximate surface area is 71.1 Å². The van der Waals surface area contributed by atoms with Crippen LogP contribution in [0, 0.1) is 0 Å². The number of methoxy groups -OCH3 is 1. The Morgan fingerprint density at radius 2 is 2.50 bits per heavy atom. The van der Waals surface area contributed by atoms with E-state index in [1.807, 2.05) is 0 Å². The van der Waals surface area contributed by atoms with Crippen molar-refractivity contribution in [2.45, 2.75) is 25.4 Å². The highest BCUT2D eigenvalue weighted by molar-refractivity contribution is 5.43. The van der Waals surface area contributed by atoms with Gasteiger partial charge in [0.2, 0.25) is 0 Å². The van der Waals surface area contributed by atoms with E-state index in [4.69, 9.17) is 10.5 Å². The largest absolute Gasteiger partial charge is 0.382 e. The molecule has 4 heteroatoms. The standard InChI is InChI=1S/C8H13N3O/c1-12-5-2-3-7-6(4-5)8(9)11-10-7/h5H,2-4H2,1H3,(H3,9,10,11)/t5-/m1/s1. The SMILES string of the molecule is CO[C@@H]1CCc2[nH]nc(N)c2C1. The zero-order chi connectivity index (χ0) is 8.55. The maximum absolute atomic E-state index is 5.68. The minimum Gasteiger partial charge on any atom is -0.382 e. The summed E-state index contributed by atoms with van der Waals surface area (Å²) < 4.78 is 5.28. The van der Waals surface area contributed by atoms with Crippen molar-refractivity contribution >= 4 is 5.82 Å². The molecule has 0 bridgehead atoms. The molecule has 1 aromatic rings. The number of anilines is 1. The first kappa shape index (κ1) is 7.61. The number of hydrogen-bond acceptors (Lipinski definition) is 3. The maximum atomic E-state index is 5.68. The van der Waals surface area contributed by atoms with Crippen LogP contribution in [0.3, 0.4) is 0 Å². The predicted molar refractivity (Wildman–Crippen MR) is 45.8 cm³/mol. The molecule has 12 heavy (non-hydrogen) atoms. The second-order valence-electron chi connectivity index (χ2n) is 3.17. The summed E-state index contributed by atoms with van der Waals surface area (Å²) >= 11 is 0. The highest BCUT2D eigenvalue weighted by Gasteiger charge is 2.21. The Bertz CT molecular complexity index is 282. The fourth-order valence-corrected chi connectivity index (χ4v) is 1.69. The van der Waals surface area contributed by atoms with E-state index in [0.29, 0.717) is 11.9 Å². The van der Waals surface area contributed by atoms with Crippen LogP contribution in [0.1, 0.15) is 17.7 Å². The van der Waals surface area contributed by atoms with E-state index in [1.165, 1.54) is 5.69 Å². The molecule has 0 aromatic carbocycles. The molecule has 0 saturated heterocycles. The van der Waals surface area contributed by atoms with Gasteiger partial charge >= 0.3 is 0 Å². The number of nitrogens with two attached hydrogens (primary N) is 1. The smallest absolute Gasteiger partial charge is 0.148 e. The number of H-pyrrole nitrogens is 1. The number of ether oxygens (including phenoxy) is 1. The number of aryl methyl sites for hydroxylation is 1. The van der Waals surface area contributed by atoms with Gasteiger partial charge in [-0.25, -0.2) is 0 Å². The zero-order valence-electron chi connectivity index (χ0n) is 7.13. The van der Waals surface area contributed by atoms with Crippen LogP contribution >= 0.6 is 0 Å². The number of nitrogen functional groups attached to an aromatic ring is 1. The van der Waals surface area contributed by atoms with Crippen LogP contribution in [-0.2, 0) is 17.6 Å². The van der Waals surface area contributed by atoms with E-state index in [0.717, 1.165) is 24.8 Å². The molecule has 0 amide bonds. The summed E-state index contributed by atoms with van der Waals surface area (Å²) in [5, 5.41) is 6.90. The van der Waals surface area contributed by atoms with E-state index in [1.54, 1.807) is 7.11 Å². The van der Waals surface area contributed by atoms with Crippen LogP contribution in [0.2, 0.25) is 0 Å². The number of fused-ring (bicyclic) bond motifs is 1. The molecule has 1 aromatic heterocycles. The van der Waals surface area contributed by atoms with Crippen molar-refractivity contribution in [2.75, 3.05) is 12.8 Å². The summed E-state index contributed by atoms with van der Waals surface area (Å²) in [5.74, 6) is 0.631. The van der Waals surface area contributed by atoms with Gasteiger partial charge in [-0.05, 0) is 12.8 Å². The average Bonchev–Trinajstić information content (AvgIpc) is 2.47. The lowest BCUT2D eigenvalue weighted by molar-refractivity contribution is 0.0910. The maximum Gasteiger partial charge on any atom is 0.148 e. The van der Waals surface area contributed by atoms with Gasteiger partial charge in [0.15, 0.2) is 0 Å². The van der Waals surface area contributed by atoms with Gasteiger partial charge in [0, 0.05) is 24.8 Å². The Morgan fingerprint density at radius 3 is 3.25 bits per heavy atom. The van der Waals surface area contributed by atoms with Crippen molar-refractivity contribution in [3.8, 4) is 0 Å². The first-order chi connectivity index (χ1) is 5.81. The highest BCUT2D eigenvalue weighted by Crippen LogP contribution is 2.24. The molecule has 0 aliphatic heterocycles. The molecule has 0 unspecified atom stereocenters. The molecule has 1 heterocycles. The van der Waals surface area contributed by atoms with Gasteiger partial charge in [0.05, 0.1) is 6.10 Å². The van der Waals surface area contributed by atoms with Gasteiger partial charge in [-0.3, -0.25) is 5.10 Å². The van der Waals surface area contributed by atoms with Crippen molar-refractivity contribution in [2.24, 2.45) is 0 Å². The molecule has 66 valence electrons. The predicted octanol–water partition coefficient (Wildman–Crippen LogP) is 0.496. The lowest BCUT2D eigenvalue weighted by atomic mass is 9.95. The Hall–Kier alpha value is -1.03. The zero-order valence-corrected chi connectivity index (χ0v) is 7.13. The van der Waals surface area contributed by atoms with Crippen molar-refractivity contribution in [1.29, 1.82) is 0 Å². The van der Waals surface area contributed by atoms with Crippen molar-refractivity contribution in [3.63, 3.8) is 0 Å². The van der Waals surface area contributed by atoms with E-state index in [-0.39, 0.29) is 0 Å². The monoisotopic (exact) mass is 167 g/mol. The minimum absolute atomic E-state index is 0.317. The molecule has 1 aliphatic rings. The average molecular weight is 167 g/mol. The fraction of sp³-hybridized carbons (Fsp3) is 0.625. The van der Waals surface area contributed by atoms with Gasteiger partial charge in [-0.1, -0.05) is 0 Å². The molecule has 0 fully saturated rings. The first-order valence-electron chi connectivity index (χ1n) is 4.15. The first-order valence-corrected chi connectivity index (χ1v) is 4.15. The molecule has 2 rings (SSSR count).